The van der Waals surface area contributed by atoms with Gasteiger partial charge in [0.25, 0.3) is 0 Å². The number of ketones is 2. The van der Waals surface area contributed by atoms with E-state index in [9.17, 15) is 9.59 Å². The topological polar surface area (TPSA) is 196 Å². The third-order valence-electron chi connectivity index (χ3n) is 2.07. The van der Waals surface area contributed by atoms with Crippen molar-refractivity contribution in [2.75, 3.05) is 26.4 Å². The third kappa shape index (κ3) is 8.24. The zero-order chi connectivity index (χ0) is 16.3. The third-order valence-corrected chi connectivity index (χ3v) is 2.07. The average molecular weight is 300 g/mol. The summed E-state index contributed by atoms with van der Waals surface area (Å²) in [6, 6.07) is 0. The summed E-state index contributed by atoms with van der Waals surface area (Å²) in [5.41, 5.74) is 0. The summed E-state index contributed by atoms with van der Waals surface area (Å²) in [5, 5.41) is 67.2. The fourth-order valence-electron chi connectivity index (χ4n) is 0.816. The summed E-state index contributed by atoms with van der Waals surface area (Å²) >= 11 is 0. The Balaban J connectivity index is 0. The lowest BCUT2D eigenvalue weighted by Gasteiger charge is -2.11. The van der Waals surface area contributed by atoms with Gasteiger partial charge in [-0.2, -0.15) is 0 Å². The first kappa shape index (κ1) is 21.3. The Morgan fingerprint density at radius 3 is 1.05 bits per heavy atom. The van der Waals surface area contributed by atoms with E-state index < -0.39 is 62.4 Å². The van der Waals surface area contributed by atoms with Gasteiger partial charge in [-0.3, -0.25) is 9.59 Å². The molecule has 0 aromatic heterocycles. The molecule has 0 fully saturated rings. The molecule has 0 aliphatic carbocycles. The monoisotopic (exact) mass is 300 g/mol. The Morgan fingerprint density at radius 1 is 0.650 bits per heavy atom. The highest BCUT2D eigenvalue weighted by molar-refractivity contribution is 5.84. The number of carbonyl (C=O) groups is 2. The van der Waals surface area contributed by atoms with Crippen molar-refractivity contribution < 1.29 is 50.4 Å². The van der Waals surface area contributed by atoms with E-state index in [0.717, 1.165) is 0 Å². The van der Waals surface area contributed by atoms with E-state index >= 15 is 0 Å². The maximum atomic E-state index is 10.3. The summed E-state index contributed by atoms with van der Waals surface area (Å²) < 4.78 is 0. The van der Waals surface area contributed by atoms with Crippen LogP contribution in [0.15, 0.2) is 0 Å². The molecule has 20 heavy (non-hydrogen) atoms. The van der Waals surface area contributed by atoms with Crippen LogP contribution in [-0.2, 0) is 9.59 Å². The highest BCUT2D eigenvalue weighted by Crippen LogP contribution is 1.93. The molecule has 0 aromatic rings. The second-order valence-corrected chi connectivity index (χ2v) is 3.64. The molecule has 0 spiro atoms. The Morgan fingerprint density at radius 2 is 0.900 bits per heavy atom. The van der Waals surface area contributed by atoms with Crippen molar-refractivity contribution in [3.63, 3.8) is 0 Å². The largest absolute Gasteiger partial charge is 0.394 e. The van der Waals surface area contributed by atoms with Crippen LogP contribution >= 0.6 is 0 Å². The van der Waals surface area contributed by atoms with Crippen molar-refractivity contribution in [1.82, 2.24) is 0 Å². The van der Waals surface area contributed by atoms with E-state index in [1.165, 1.54) is 0 Å². The summed E-state index contributed by atoms with van der Waals surface area (Å²) in [6.45, 7) is -3.07. The van der Waals surface area contributed by atoms with Gasteiger partial charge in [0.2, 0.25) is 0 Å². The lowest BCUT2D eigenvalue weighted by atomic mass is 10.1. The SMILES string of the molecule is O=C(CO)[C@@H](O)[C@@H](O)CO.O=C(CO)[C@H](O)[C@@H](O)CO. The molecule has 0 aromatic carbocycles. The molecule has 0 amide bonds. The zero-order valence-electron chi connectivity index (χ0n) is 10.5. The van der Waals surface area contributed by atoms with Crippen LogP contribution in [-0.4, -0.2) is 103 Å². The number of rotatable bonds is 8. The fourth-order valence-corrected chi connectivity index (χ4v) is 0.816. The van der Waals surface area contributed by atoms with E-state index in [4.69, 9.17) is 40.9 Å². The minimum Gasteiger partial charge on any atom is -0.394 e. The molecule has 0 saturated carbocycles. The highest BCUT2D eigenvalue weighted by atomic mass is 16.4. The van der Waals surface area contributed by atoms with Crippen LogP contribution in [0.1, 0.15) is 0 Å². The van der Waals surface area contributed by atoms with Gasteiger partial charge in [-0.05, 0) is 0 Å². The molecule has 10 nitrogen and oxygen atoms in total. The number of aliphatic hydroxyl groups excluding tert-OH is 8. The van der Waals surface area contributed by atoms with Gasteiger partial charge in [0.1, 0.15) is 37.6 Å². The van der Waals surface area contributed by atoms with Crippen LogP contribution in [0.4, 0.5) is 0 Å². The van der Waals surface area contributed by atoms with Crippen LogP contribution in [0, 0.1) is 0 Å². The fraction of sp³-hybridized carbons (Fsp3) is 0.800. The molecule has 0 bridgehead atoms. The van der Waals surface area contributed by atoms with Crippen LogP contribution in [0.2, 0.25) is 0 Å². The van der Waals surface area contributed by atoms with E-state index in [2.05, 4.69) is 0 Å². The molecule has 0 unspecified atom stereocenters. The van der Waals surface area contributed by atoms with Crippen molar-refractivity contribution in [3.8, 4) is 0 Å². The molecule has 0 heterocycles. The Labute approximate surface area is 114 Å². The van der Waals surface area contributed by atoms with Crippen LogP contribution in [0.3, 0.4) is 0 Å². The molecule has 0 rings (SSSR count). The minimum atomic E-state index is -1.69. The standard InChI is InChI=1S/2C5H10O5/c2*6-1-3(8)5(10)4(9)2-7/h2*3,5-8,10H,1-2H2/t3-,5+;3-,5-/m00/s1. The maximum Gasteiger partial charge on any atom is 0.189 e. The van der Waals surface area contributed by atoms with Gasteiger partial charge < -0.3 is 40.9 Å². The number of hydrogen-bond donors (Lipinski definition) is 8. The van der Waals surface area contributed by atoms with Crippen molar-refractivity contribution in [3.05, 3.63) is 0 Å². The van der Waals surface area contributed by atoms with E-state index in [1.54, 1.807) is 0 Å². The van der Waals surface area contributed by atoms with Gasteiger partial charge in [0.05, 0.1) is 13.2 Å². The molecule has 0 aliphatic heterocycles. The van der Waals surface area contributed by atoms with Crippen molar-refractivity contribution >= 4 is 11.6 Å². The number of carbonyl (C=O) groups excluding carboxylic acids is 2. The molecule has 120 valence electrons. The first-order valence-electron chi connectivity index (χ1n) is 5.47. The van der Waals surface area contributed by atoms with E-state index in [-0.39, 0.29) is 0 Å². The van der Waals surface area contributed by atoms with Gasteiger partial charge in [0, 0.05) is 0 Å². The van der Waals surface area contributed by atoms with Gasteiger partial charge in [0.15, 0.2) is 11.6 Å². The predicted molar refractivity (Wildman–Crippen MR) is 62.4 cm³/mol. The number of aliphatic hydroxyl groups is 8. The quantitative estimate of drug-likeness (QED) is 0.214. The lowest BCUT2D eigenvalue weighted by molar-refractivity contribution is -0.137. The second kappa shape index (κ2) is 11.8. The van der Waals surface area contributed by atoms with Gasteiger partial charge >= 0.3 is 0 Å². The molecule has 0 radical (unpaired) electrons. The second-order valence-electron chi connectivity index (χ2n) is 3.64. The maximum absolute atomic E-state index is 10.3. The smallest absolute Gasteiger partial charge is 0.189 e. The predicted octanol–water partition coefficient (Wildman–Crippen LogP) is -5.48. The lowest BCUT2D eigenvalue weighted by Crippen LogP contribution is -2.37. The van der Waals surface area contributed by atoms with Crippen molar-refractivity contribution in [1.29, 1.82) is 0 Å². The van der Waals surface area contributed by atoms with Gasteiger partial charge in [-0.15, -0.1) is 0 Å². The number of hydrogen-bond acceptors (Lipinski definition) is 10. The Hall–Kier alpha value is -0.980. The van der Waals surface area contributed by atoms with E-state index in [1.807, 2.05) is 0 Å². The summed E-state index contributed by atoms with van der Waals surface area (Å²) in [7, 11) is 0. The molecular formula is C10H20O10. The molecule has 0 saturated heterocycles. The molecule has 10 heteroatoms. The highest BCUT2D eigenvalue weighted by Gasteiger charge is 2.22. The molecule has 8 N–H and O–H groups in total. The first-order chi connectivity index (χ1) is 9.26. The normalized spacial score (nSPS) is 16.4. The zero-order valence-corrected chi connectivity index (χ0v) is 10.5. The summed E-state index contributed by atoms with van der Waals surface area (Å²) in [6.07, 6.45) is -6.37. The molecule has 0 aliphatic rings. The summed E-state index contributed by atoms with van der Waals surface area (Å²) in [5.74, 6) is -1.80. The molecular weight excluding hydrogens is 280 g/mol. The van der Waals surface area contributed by atoms with Crippen LogP contribution in [0.5, 0.6) is 0 Å². The molecule has 4 atom stereocenters. The number of Topliss-reactive ketones (excluding diaryl/α,β-unsaturated/α-hetero) is 2. The van der Waals surface area contributed by atoms with E-state index in [0.29, 0.717) is 0 Å². The van der Waals surface area contributed by atoms with Gasteiger partial charge in [-0.1, -0.05) is 0 Å². The Kier molecular flexibility index (Phi) is 12.6. The first-order valence-corrected chi connectivity index (χ1v) is 5.47. The minimum absolute atomic E-state index is 0.701. The Bertz CT molecular complexity index is 253. The van der Waals surface area contributed by atoms with Gasteiger partial charge in [-0.25, -0.2) is 0 Å². The van der Waals surface area contributed by atoms with Crippen LogP contribution in [0.25, 0.3) is 0 Å². The van der Waals surface area contributed by atoms with Crippen LogP contribution < -0.4 is 0 Å². The summed E-state index contributed by atoms with van der Waals surface area (Å²) in [4.78, 5) is 20.7. The average Bonchev–Trinajstić information content (AvgIpc) is 2.50. The van der Waals surface area contributed by atoms with Crippen molar-refractivity contribution in [2.45, 2.75) is 24.4 Å². The van der Waals surface area contributed by atoms with Crippen molar-refractivity contribution in [2.24, 2.45) is 0 Å².